The molecule has 0 aliphatic carbocycles. The molecule has 2 rings (SSSR count). The first-order chi connectivity index (χ1) is 12.3. The zero-order chi connectivity index (χ0) is 19.3. The Balaban J connectivity index is 1.91. The number of quaternary nitrogens is 1. The average Bonchev–Trinajstić information content (AvgIpc) is 2.59. The second-order valence-electron chi connectivity index (χ2n) is 5.89. The zero-order valence-electron chi connectivity index (χ0n) is 14.3. The van der Waals surface area contributed by atoms with Gasteiger partial charge in [0.05, 0.1) is 22.8 Å². The summed E-state index contributed by atoms with van der Waals surface area (Å²) >= 11 is 11.7. The molecule has 0 radical (unpaired) electrons. The molecule has 0 aliphatic heterocycles. The van der Waals surface area contributed by atoms with E-state index < -0.39 is 11.9 Å². The Morgan fingerprint density at radius 1 is 1.12 bits per heavy atom. The van der Waals surface area contributed by atoms with Crippen molar-refractivity contribution in [2.45, 2.75) is 13.0 Å². The van der Waals surface area contributed by atoms with E-state index in [-0.39, 0.29) is 24.0 Å². The number of halogens is 3. The Morgan fingerprint density at radius 2 is 1.81 bits per heavy atom. The maximum absolute atomic E-state index is 13.6. The number of hydrogen-bond donors (Lipinski definition) is 3. The smallest absolute Gasteiger partial charge is 0.282 e. The highest BCUT2D eigenvalue weighted by molar-refractivity contribution is 6.42. The van der Waals surface area contributed by atoms with Gasteiger partial charge < -0.3 is 15.5 Å². The molecule has 0 fully saturated rings. The number of hydrogen-bond acceptors (Lipinski definition) is 2. The summed E-state index contributed by atoms with van der Waals surface area (Å²) in [5.41, 5.74) is 0.623. The molecule has 0 aliphatic rings. The lowest BCUT2D eigenvalue weighted by molar-refractivity contribution is -0.885. The Labute approximate surface area is 161 Å². The van der Waals surface area contributed by atoms with Crippen LogP contribution in [0.3, 0.4) is 0 Å². The first-order valence-corrected chi connectivity index (χ1v) is 8.66. The summed E-state index contributed by atoms with van der Waals surface area (Å²) in [5.74, 6) is -1.18. The van der Waals surface area contributed by atoms with Crippen molar-refractivity contribution >= 4 is 46.4 Å². The molecule has 26 heavy (non-hydrogen) atoms. The molecule has 0 saturated heterocycles. The number of carbonyl (C=O) groups is 2. The van der Waals surface area contributed by atoms with Gasteiger partial charge in [0.2, 0.25) is 0 Å². The van der Waals surface area contributed by atoms with Gasteiger partial charge in [-0.1, -0.05) is 35.3 Å². The predicted octanol–water partition coefficient (Wildman–Crippen LogP) is 2.61. The molecule has 2 amide bonds. The van der Waals surface area contributed by atoms with Crippen LogP contribution < -0.4 is 15.5 Å². The highest BCUT2D eigenvalue weighted by Crippen LogP contribution is 2.24. The quantitative estimate of drug-likeness (QED) is 0.700. The highest BCUT2D eigenvalue weighted by Gasteiger charge is 2.24. The van der Waals surface area contributed by atoms with Gasteiger partial charge in [0.1, 0.15) is 5.82 Å². The van der Waals surface area contributed by atoms with Crippen LogP contribution in [0.4, 0.5) is 15.8 Å². The van der Waals surface area contributed by atoms with Crippen LogP contribution in [0.15, 0.2) is 42.5 Å². The summed E-state index contributed by atoms with van der Waals surface area (Å²) in [5, 5.41) is 5.96. The van der Waals surface area contributed by atoms with E-state index in [0.29, 0.717) is 20.6 Å². The molecule has 0 bridgehead atoms. The minimum absolute atomic E-state index is 0.0477. The van der Waals surface area contributed by atoms with Gasteiger partial charge in [-0.3, -0.25) is 9.59 Å². The molecule has 0 saturated carbocycles. The lowest BCUT2D eigenvalue weighted by Gasteiger charge is -2.20. The third-order valence-electron chi connectivity index (χ3n) is 3.91. The van der Waals surface area contributed by atoms with Crippen LogP contribution in [-0.2, 0) is 9.59 Å². The van der Waals surface area contributed by atoms with Crippen LogP contribution in [0.2, 0.25) is 10.0 Å². The molecular weight excluding hydrogens is 380 g/mol. The molecule has 5 nitrogen and oxygen atoms in total. The maximum Gasteiger partial charge on any atom is 0.282 e. The van der Waals surface area contributed by atoms with Gasteiger partial charge in [-0.2, -0.15) is 0 Å². The summed E-state index contributed by atoms with van der Waals surface area (Å²) in [4.78, 5) is 25.1. The van der Waals surface area contributed by atoms with Gasteiger partial charge in [0.15, 0.2) is 12.6 Å². The lowest BCUT2D eigenvalue weighted by Crippen LogP contribution is -3.14. The Morgan fingerprint density at radius 3 is 2.46 bits per heavy atom. The van der Waals surface area contributed by atoms with Crippen molar-refractivity contribution in [2.75, 3.05) is 24.2 Å². The maximum atomic E-state index is 13.6. The van der Waals surface area contributed by atoms with E-state index in [9.17, 15) is 14.0 Å². The van der Waals surface area contributed by atoms with Crippen LogP contribution in [0.5, 0.6) is 0 Å². The first kappa shape index (κ1) is 20.2. The minimum Gasteiger partial charge on any atom is -0.321 e. The van der Waals surface area contributed by atoms with Gasteiger partial charge in [-0.05, 0) is 37.3 Å². The van der Waals surface area contributed by atoms with Gasteiger partial charge in [0.25, 0.3) is 11.8 Å². The Kier molecular flexibility index (Phi) is 6.97. The molecule has 138 valence electrons. The van der Waals surface area contributed by atoms with Crippen LogP contribution in [-0.4, -0.2) is 31.4 Å². The van der Waals surface area contributed by atoms with E-state index >= 15 is 0 Å². The second-order valence-corrected chi connectivity index (χ2v) is 6.71. The third kappa shape index (κ3) is 5.42. The Hall–Kier alpha value is -2.15. The molecule has 2 aromatic carbocycles. The molecule has 0 spiro atoms. The summed E-state index contributed by atoms with van der Waals surface area (Å²) < 4.78 is 13.6. The summed E-state index contributed by atoms with van der Waals surface area (Å²) in [6, 6.07) is 10.1. The monoisotopic (exact) mass is 398 g/mol. The molecule has 2 aromatic rings. The number of nitrogens with one attached hydrogen (secondary N) is 3. The molecule has 0 aromatic heterocycles. The summed E-state index contributed by atoms with van der Waals surface area (Å²) in [6.07, 6.45) is 0. The van der Waals surface area contributed by atoms with Gasteiger partial charge in [0, 0.05) is 5.69 Å². The van der Waals surface area contributed by atoms with Gasteiger partial charge in [-0.25, -0.2) is 4.39 Å². The lowest BCUT2D eigenvalue weighted by atomic mass is 10.2. The van der Waals surface area contributed by atoms with E-state index in [2.05, 4.69) is 10.6 Å². The van der Waals surface area contributed by atoms with Crippen LogP contribution in [0.25, 0.3) is 0 Å². The van der Waals surface area contributed by atoms with E-state index in [1.54, 1.807) is 44.3 Å². The normalized spacial score (nSPS) is 13.0. The van der Waals surface area contributed by atoms with Crippen molar-refractivity contribution < 1.29 is 18.9 Å². The summed E-state index contributed by atoms with van der Waals surface area (Å²) in [7, 11) is 1.71. The van der Waals surface area contributed by atoms with Crippen molar-refractivity contribution in [2.24, 2.45) is 0 Å². The second kappa shape index (κ2) is 8.98. The standard InChI is InChI=1S/C18H18Cl2FN3O2/c1-11(18(26)23-16-6-4-3-5-15(16)21)24(2)10-17(25)22-12-7-8-13(19)14(20)9-12/h3-9,11H,10H2,1-2H3,(H,22,25)(H,23,26)/p+1/t11-/m1/s1. The number of rotatable bonds is 6. The van der Waals surface area contributed by atoms with E-state index in [0.717, 1.165) is 0 Å². The van der Waals surface area contributed by atoms with Gasteiger partial charge in [-0.15, -0.1) is 0 Å². The van der Waals surface area contributed by atoms with Crippen molar-refractivity contribution in [3.05, 3.63) is 58.3 Å². The minimum atomic E-state index is -0.561. The number of benzene rings is 2. The summed E-state index contributed by atoms with van der Waals surface area (Å²) in [6.45, 7) is 1.71. The number of carbonyl (C=O) groups excluding carboxylic acids is 2. The largest absolute Gasteiger partial charge is 0.321 e. The fourth-order valence-electron chi connectivity index (χ4n) is 2.21. The zero-order valence-corrected chi connectivity index (χ0v) is 15.8. The SMILES string of the molecule is C[C@H](C(=O)Nc1ccccc1F)[NH+](C)CC(=O)Nc1ccc(Cl)c(Cl)c1. The first-order valence-electron chi connectivity index (χ1n) is 7.90. The fraction of sp³-hybridized carbons (Fsp3) is 0.222. The fourth-order valence-corrected chi connectivity index (χ4v) is 2.51. The molecule has 1 unspecified atom stereocenters. The molecular formula is C18H19Cl2FN3O2+. The van der Waals surface area contributed by atoms with Crippen molar-refractivity contribution in [3.8, 4) is 0 Å². The third-order valence-corrected chi connectivity index (χ3v) is 4.65. The molecule has 3 N–H and O–H groups in total. The topological polar surface area (TPSA) is 62.6 Å². The van der Waals surface area contributed by atoms with E-state index in [4.69, 9.17) is 23.2 Å². The number of anilines is 2. The number of amides is 2. The number of likely N-dealkylation sites (N-methyl/N-ethyl adjacent to an activating group) is 1. The highest BCUT2D eigenvalue weighted by atomic mass is 35.5. The van der Waals surface area contributed by atoms with Crippen LogP contribution in [0, 0.1) is 5.82 Å². The van der Waals surface area contributed by atoms with E-state index in [1.165, 1.54) is 12.1 Å². The molecule has 2 atom stereocenters. The van der Waals surface area contributed by atoms with Crippen molar-refractivity contribution in [1.29, 1.82) is 0 Å². The van der Waals surface area contributed by atoms with Crippen molar-refractivity contribution in [1.82, 2.24) is 0 Å². The van der Waals surface area contributed by atoms with E-state index in [1.807, 2.05) is 0 Å². The van der Waals surface area contributed by atoms with Gasteiger partial charge >= 0.3 is 0 Å². The van der Waals surface area contributed by atoms with Crippen molar-refractivity contribution in [3.63, 3.8) is 0 Å². The van der Waals surface area contributed by atoms with Crippen LogP contribution >= 0.6 is 23.2 Å². The Bertz CT molecular complexity index is 817. The van der Waals surface area contributed by atoms with Crippen LogP contribution in [0.1, 0.15) is 6.92 Å². The number of para-hydroxylation sites is 1. The average molecular weight is 399 g/mol. The predicted molar refractivity (Wildman–Crippen MR) is 101 cm³/mol. The molecule has 0 heterocycles. The molecule has 8 heteroatoms.